The minimum absolute atomic E-state index is 0.0494. The van der Waals surface area contributed by atoms with Crippen molar-refractivity contribution in [3.8, 4) is 0 Å². The topological polar surface area (TPSA) is 117 Å². The summed E-state index contributed by atoms with van der Waals surface area (Å²) >= 11 is 0. The predicted octanol–water partition coefficient (Wildman–Crippen LogP) is 1.19. The van der Waals surface area contributed by atoms with Gasteiger partial charge in [0.2, 0.25) is 16.0 Å². The van der Waals surface area contributed by atoms with Crippen molar-refractivity contribution in [2.24, 2.45) is 0 Å². The lowest BCUT2D eigenvalue weighted by Crippen LogP contribution is -2.74. The Hall–Kier alpha value is -2.18. The fourth-order valence-corrected chi connectivity index (χ4v) is 6.09. The van der Waals surface area contributed by atoms with Gasteiger partial charge in [-0.2, -0.15) is 4.98 Å². The number of piperidine rings is 1. The van der Waals surface area contributed by atoms with Crippen LogP contribution < -0.4 is 10.9 Å². The summed E-state index contributed by atoms with van der Waals surface area (Å²) in [6, 6.07) is 1.08. The first kappa shape index (κ1) is 20.7. The van der Waals surface area contributed by atoms with Crippen LogP contribution in [0.5, 0.6) is 0 Å². The number of pyridine rings is 1. The van der Waals surface area contributed by atoms with Crippen LogP contribution in [0.4, 0.5) is 14.7 Å². The lowest BCUT2D eigenvalue weighted by molar-refractivity contribution is -0.245. The number of hydrogen-bond donors (Lipinski definition) is 2. The molecular weight excluding hydrogens is 432 g/mol. The van der Waals surface area contributed by atoms with Crippen molar-refractivity contribution < 1.29 is 22.3 Å². The third-order valence-corrected chi connectivity index (χ3v) is 8.01. The fraction of sp³-hybridized carbons (Fsp3) is 0.632. The van der Waals surface area contributed by atoms with Crippen LogP contribution in [0.3, 0.4) is 0 Å². The molecule has 12 heteroatoms. The van der Waals surface area contributed by atoms with E-state index in [-0.39, 0.29) is 17.6 Å². The molecule has 4 fully saturated rings. The van der Waals surface area contributed by atoms with E-state index in [1.807, 2.05) is 0 Å². The van der Waals surface area contributed by atoms with Crippen LogP contribution >= 0.6 is 0 Å². The van der Waals surface area contributed by atoms with E-state index in [2.05, 4.69) is 15.3 Å². The predicted molar refractivity (Wildman–Crippen MR) is 109 cm³/mol. The lowest BCUT2D eigenvalue weighted by atomic mass is 9.46. The molecule has 31 heavy (non-hydrogen) atoms. The average Bonchev–Trinajstić information content (AvgIpc) is 2.64. The van der Waals surface area contributed by atoms with Crippen LogP contribution in [0.1, 0.15) is 44.1 Å². The third kappa shape index (κ3) is 3.31. The van der Waals surface area contributed by atoms with Crippen molar-refractivity contribution in [1.82, 2.24) is 18.8 Å². The molecule has 2 N–H and O–H groups in total. The Morgan fingerprint density at radius 3 is 2.45 bits per heavy atom. The number of nitrogens with zero attached hydrogens (tertiary/aromatic N) is 4. The van der Waals surface area contributed by atoms with Crippen molar-refractivity contribution in [2.75, 3.05) is 24.7 Å². The number of anilines is 1. The Balaban J connectivity index is 1.47. The standard InChI is InChI=1S/C19H23F2N5O4S/c1-31(29,30)25-4-2-12(3-5-25)23-17-22-7-11-6-13(14(20)21)16(27)26(15(11)24-17)18-8-19(28,9-18)10-18/h6-7,12,14,28H,2-5,8-10H2,1H3,(H,22,23,24). The zero-order valence-corrected chi connectivity index (χ0v) is 17.7. The molecule has 3 heterocycles. The maximum atomic E-state index is 13.5. The highest BCUT2D eigenvalue weighted by molar-refractivity contribution is 7.88. The van der Waals surface area contributed by atoms with Gasteiger partial charge in [-0.05, 0) is 18.9 Å². The summed E-state index contributed by atoms with van der Waals surface area (Å²) in [5.74, 6) is 0.258. The number of hydrogen-bond acceptors (Lipinski definition) is 7. The van der Waals surface area contributed by atoms with E-state index in [0.29, 0.717) is 50.6 Å². The Morgan fingerprint density at radius 2 is 1.90 bits per heavy atom. The second-order valence-corrected chi connectivity index (χ2v) is 11.1. The Bertz CT molecular complexity index is 1200. The molecule has 0 unspecified atom stereocenters. The van der Waals surface area contributed by atoms with Crippen molar-refractivity contribution in [3.63, 3.8) is 0 Å². The number of fused-ring (bicyclic) bond motifs is 1. The van der Waals surface area contributed by atoms with E-state index in [1.165, 1.54) is 21.3 Å². The van der Waals surface area contributed by atoms with Gasteiger partial charge < -0.3 is 10.4 Å². The SMILES string of the molecule is CS(=O)(=O)N1CCC(Nc2ncc3cc(C(F)F)c(=O)n(C45CC(O)(C4)C5)c3n2)CC1. The molecule has 1 aliphatic heterocycles. The van der Waals surface area contributed by atoms with Gasteiger partial charge >= 0.3 is 0 Å². The minimum atomic E-state index is -3.23. The summed E-state index contributed by atoms with van der Waals surface area (Å²) in [7, 11) is -3.23. The number of alkyl halides is 2. The highest BCUT2D eigenvalue weighted by Crippen LogP contribution is 2.65. The zero-order valence-electron chi connectivity index (χ0n) is 16.9. The molecule has 6 rings (SSSR count). The molecule has 168 valence electrons. The normalized spacial score (nSPS) is 29.1. The van der Waals surface area contributed by atoms with Gasteiger partial charge in [0.1, 0.15) is 5.65 Å². The number of aliphatic hydroxyl groups is 1. The molecule has 0 radical (unpaired) electrons. The lowest BCUT2D eigenvalue weighted by Gasteiger charge is -2.67. The van der Waals surface area contributed by atoms with E-state index >= 15 is 0 Å². The smallest absolute Gasteiger partial charge is 0.269 e. The van der Waals surface area contributed by atoms with Gasteiger partial charge in [0.15, 0.2) is 0 Å². The maximum Gasteiger partial charge on any atom is 0.269 e. The molecule has 0 atom stereocenters. The number of nitrogens with one attached hydrogen (secondary N) is 1. The molecule has 0 aromatic carbocycles. The Morgan fingerprint density at radius 1 is 1.26 bits per heavy atom. The monoisotopic (exact) mass is 455 g/mol. The average molecular weight is 455 g/mol. The van der Waals surface area contributed by atoms with Gasteiger partial charge in [0, 0.05) is 50.0 Å². The van der Waals surface area contributed by atoms with Crippen molar-refractivity contribution in [2.45, 2.75) is 55.7 Å². The van der Waals surface area contributed by atoms with Crippen LogP contribution in [-0.2, 0) is 15.6 Å². The molecule has 3 saturated carbocycles. The van der Waals surface area contributed by atoms with Crippen LogP contribution in [0.25, 0.3) is 11.0 Å². The largest absolute Gasteiger partial charge is 0.390 e. The van der Waals surface area contributed by atoms with Crippen molar-refractivity contribution >= 4 is 27.0 Å². The Labute approximate surface area is 177 Å². The number of halogens is 2. The van der Waals surface area contributed by atoms with E-state index in [0.717, 1.165) is 6.07 Å². The van der Waals surface area contributed by atoms with Crippen LogP contribution in [0.2, 0.25) is 0 Å². The second kappa shape index (κ2) is 6.66. The molecule has 3 aliphatic carbocycles. The van der Waals surface area contributed by atoms with Gasteiger partial charge in [0.25, 0.3) is 12.0 Å². The summed E-state index contributed by atoms with van der Waals surface area (Å²) in [6.45, 7) is 0.766. The number of sulfonamides is 1. The number of rotatable bonds is 5. The van der Waals surface area contributed by atoms with E-state index < -0.39 is 38.7 Å². The molecule has 2 aromatic heterocycles. The van der Waals surface area contributed by atoms with Crippen LogP contribution in [-0.4, -0.2) is 63.4 Å². The molecule has 0 spiro atoms. The maximum absolute atomic E-state index is 13.5. The highest BCUT2D eigenvalue weighted by atomic mass is 32.2. The molecule has 2 bridgehead atoms. The zero-order chi connectivity index (χ0) is 22.2. The van der Waals surface area contributed by atoms with Crippen molar-refractivity contribution in [3.05, 3.63) is 28.2 Å². The fourth-order valence-electron chi connectivity index (χ4n) is 5.22. The first-order chi connectivity index (χ1) is 14.5. The summed E-state index contributed by atoms with van der Waals surface area (Å²) in [5.41, 5.74) is -2.60. The molecule has 0 amide bonds. The van der Waals surface area contributed by atoms with Crippen LogP contribution in [0, 0.1) is 0 Å². The van der Waals surface area contributed by atoms with Gasteiger partial charge in [-0.15, -0.1) is 0 Å². The summed E-state index contributed by atoms with van der Waals surface area (Å²) in [5, 5.41) is 13.7. The number of aromatic nitrogens is 3. The molecule has 1 saturated heterocycles. The molecule has 2 aromatic rings. The van der Waals surface area contributed by atoms with E-state index in [9.17, 15) is 27.1 Å². The quantitative estimate of drug-likeness (QED) is 0.695. The third-order valence-electron chi connectivity index (χ3n) is 6.71. The molecular formula is C19H23F2N5O4S. The van der Waals surface area contributed by atoms with E-state index in [1.54, 1.807) is 0 Å². The highest BCUT2D eigenvalue weighted by Gasteiger charge is 2.69. The second-order valence-electron chi connectivity index (χ2n) is 9.07. The van der Waals surface area contributed by atoms with Gasteiger partial charge in [-0.1, -0.05) is 0 Å². The van der Waals surface area contributed by atoms with Gasteiger partial charge in [0.05, 0.1) is 23.0 Å². The summed E-state index contributed by atoms with van der Waals surface area (Å²) in [6.07, 6.45) is 1.86. The molecule has 9 nitrogen and oxygen atoms in total. The minimum Gasteiger partial charge on any atom is -0.390 e. The summed E-state index contributed by atoms with van der Waals surface area (Å²) < 4.78 is 53.0. The van der Waals surface area contributed by atoms with Crippen molar-refractivity contribution in [1.29, 1.82) is 0 Å². The Kier molecular flexibility index (Phi) is 4.45. The van der Waals surface area contributed by atoms with Gasteiger partial charge in [-0.3, -0.25) is 9.36 Å². The van der Waals surface area contributed by atoms with Crippen LogP contribution in [0.15, 0.2) is 17.1 Å². The summed E-state index contributed by atoms with van der Waals surface area (Å²) in [4.78, 5) is 21.6. The van der Waals surface area contributed by atoms with E-state index in [4.69, 9.17) is 0 Å². The van der Waals surface area contributed by atoms with Gasteiger partial charge in [-0.25, -0.2) is 26.5 Å². The first-order valence-electron chi connectivity index (χ1n) is 10.2. The first-order valence-corrected chi connectivity index (χ1v) is 12.0. The molecule has 4 aliphatic rings.